The van der Waals surface area contributed by atoms with E-state index in [1.54, 1.807) is 30.3 Å². The molecule has 0 radical (unpaired) electrons. The maximum absolute atomic E-state index is 12.7. The molecule has 1 amide bonds. The molecule has 0 aliphatic carbocycles. The lowest BCUT2D eigenvalue weighted by molar-refractivity contribution is -0.121. The van der Waals surface area contributed by atoms with Gasteiger partial charge in [0.2, 0.25) is 0 Å². The van der Waals surface area contributed by atoms with Crippen LogP contribution in [-0.4, -0.2) is 26.0 Å². The van der Waals surface area contributed by atoms with Crippen molar-refractivity contribution in [3.8, 4) is 5.75 Å². The highest BCUT2D eigenvalue weighted by atomic mass is 79.9. The van der Waals surface area contributed by atoms with Gasteiger partial charge in [0, 0.05) is 15.8 Å². The van der Waals surface area contributed by atoms with E-state index >= 15 is 0 Å². The zero-order valence-electron chi connectivity index (χ0n) is 18.8. The van der Waals surface area contributed by atoms with Gasteiger partial charge in [-0.1, -0.05) is 22.0 Å². The number of rotatable bonds is 7. The smallest absolute Gasteiger partial charge is 0.264 e. The number of hydrogen-bond acceptors (Lipinski definition) is 5. The van der Waals surface area contributed by atoms with Crippen molar-refractivity contribution in [3.63, 3.8) is 0 Å². The number of carbonyl (C=O) groups excluding carboxylic acids is 1. The number of halogens is 1. The van der Waals surface area contributed by atoms with Crippen molar-refractivity contribution < 1.29 is 17.9 Å². The second-order valence-corrected chi connectivity index (χ2v) is 10.7. The minimum atomic E-state index is -3.75. The van der Waals surface area contributed by atoms with Crippen LogP contribution in [0.25, 0.3) is 0 Å². The van der Waals surface area contributed by atoms with Crippen LogP contribution < -0.4 is 20.1 Å². The summed E-state index contributed by atoms with van der Waals surface area (Å²) in [6.45, 7) is 5.48. The number of ether oxygens (including phenoxy) is 1. The van der Waals surface area contributed by atoms with E-state index in [4.69, 9.17) is 17.0 Å². The third kappa shape index (κ3) is 7.28. The van der Waals surface area contributed by atoms with Crippen LogP contribution in [0, 0.1) is 20.8 Å². The third-order valence-electron chi connectivity index (χ3n) is 4.65. The fourth-order valence-corrected chi connectivity index (χ4v) is 4.96. The van der Waals surface area contributed by atoms with Gasteiger partial charge in [0.25, 0.3) is 15.9 Å². The summed E-state index contributed by atoms with van der Waals surface area (Å²) in [5.41, 5.74) is 3.85. The van der Waals surface area contributed by atoms with Gasteiger partial charge in [0.05, 0.1) is 4.90 Å². The maximum atomic E-state index is 12.7. The van der Waals surface area contributed by atoms with Crippen LogP contribution in [0.15, 0.2) is 70.0 Å². The Morgan fingerprint density at radius 3 is 2.21 bits per heavy atom. The SMILES string of the molecule is Cc1cc(C)cc(NS(=O)(=O)c2ccc(NC(=S)NC(=O)COc3ccc(Br)cc3C)cc2)c1. The minimum Gasteiger partial charge on any atom is -0.483 e. The Balaban J connectivity index is 1.55. The molecule has 0 heterocycles. The highest BCUT2D eigenvalue weighted by molar-refractivity contribution is 9.10. The summed E-state index contributed by atoms with van der Waals surface area (Å²) in [7, 11) is -3.75. The number of aryl methyl sites for hydroxylation is 3. The van der Waals surface area contributed by atoms with Gasteiger partial charge in [0.15, 0.2) is 11.7 Å². The van der Waals surface area contributed by atoms with E-state index in [1.807, 2.05) is 39.0 Å². The number of nitrogens with one attached hydrogen (secondary N) is 3. The first-order valence-electron chi connectivity index (χ1n) is 10.2. The van der Waals surface area contributed by atoms with Crippen molar-refractivity contribution >= 4 is 60.6 Å². The molecule has 7 nitrogen and oxygen atoms in total. The largest absolute Gasteiger partial charge is 0.483 e. The molecule has 0 aliphatic heterocycles. The van der Waals surface area contributed by atoms with Gasteiger partial charge in [-0.3, -0.25) is 14.8 Å². The van der Waals surface area contributed by atoms with E-state index in [-0.39, 0.29) is 16.6 Å². The summed E-state index contributed by atoms with van der Waals surface area (Å²) in [6, 6.07) is 17.0. The second kappa shape index (κ2) is 11.0. The summed E-state index contributed by atoms with van der Waals surface area (Å²) < 4.78 is 34.4. The zero-order chi connectivity index (χ0) is 24.9. The van der Waals surface area contributed by atoms with Crippen LogP contribution >= 0.6 is 28.1 Å². The number of amides is 1. The van der Waals surface area contributed by atoms with E-state index in [2.05, 4.69) is 31.3 Å². The topological polar surface area (TPSA) is 96.5 Å². The second-order valence-electron chi connectivity index (χ2n) is 7.71. The van der Waals surface area contributed by atoms with Crippen molar-refractivity contribution in [3.05, 3.63) is 81.8 Å². The van der Waals surface area contributed by atoms with E-state index in [0.29, 0.717) is 17.1 Å². The van der Waals surface area contributed by atoms with Crippen molar-refractivity contribution in [2.75, 3.05) is 16.6 Å². The minimum absolute atomic E-state index is 0.0742. The lowest BCUT2D eigenvalue weighted by Crippen LogP contribution is -2.37. The molecule has 3 rings (SSSR count). The molecule has 3 N–H and O–H groups in total. The van der Waals surface area contributed by atoms with Gasteiger partial charge in [-0.05, 0) is 104 Å². The standard InChI is InChI=1S/C24H24BrN3O4S2/c1-15-10-16(2)12-20(11-15)28-34(30,31)21-7-5-19(6-8-21)26-24(33)27-23(29)14-32-22-9-4-18(25)13-17(22)3/h4-13,28H,14H2,1-3H3,(H2,26,27,29,33). The Morgan fingerprint density at radius 2 is 1.59 bits per heavy atom. The first-order chi connectivity index (χ1) is 16.0. The summed E-state index contributed by atoms with van der Waals surface area (Å²) in [4.78, 5) is 12.2. The van der Waals surface area contributed by atoms with Gasteiger partial charge >= 0.3 is 0 Å². The summed E-state index contributed by atoms with van der Waals surface area (Å²) in [5, 5.41) is 5.46. The Labute approximate surface area is 213 Å². The van der Waals surface area contributed by atoms with Gasteiger partial charge in [-0.15, -0.1) is 0 Å². The Kier molecular flexibility index (Phi) is 8.29. The number of benzene rings is 3. The summed E-state index contributed by atoms with van der Waals surface area (Å²) >= 11 is 8.55. The fraction of sp³-hybridized carbons (Fsp3) is 0.167. The van der Waals surface area contributed by atoms with Gasteiger partial charge in [-0.2, -0.15) is 0 Å². The number of hydrogen-bond donors (Lipinski definition) is 3. The summed E-state index contributed by atoms with van der Waals surface area (Å²) in [6.07, 6.45) is 0. The number of sulfonamides is 1. The van der Waals surface area contributed by atoms with E-state index in [9.17, 15) is 13.2 Å². The molecule has 0 unspecified atom stereocenters. The van der Waals surface area contributed by atoms with Gasteiger partial charge < -0.3 is 10.1 Å². The number of anilines is 2. The molecule has 3 aromatic rings. The van der Waals surface area contributed by atoms with E-state index < -0.39 is 15.9 Å². The predicted molar refractivity (Wildman–Crippen MR) is 142 cm³/mol. The fourth-order valence-electron chi connectivity index (χ4n) is 3.21. The highest BCUT2D eigenvalue weighted by Gasteiger charge is 2.15. The average Bonchev–Trinajstić information content (AvgIpc) is 2.72. The first-order valence-corrected chi connectivity index (χ1v) is 12.9. The van der Waals surface area contributed by atoms with Gasteiger partial charge in [0.1, 0.15) is 5.75 Å². The van der Waals surface area contributed by atoms with Crippen molar-refractivity contribution in [2.24, 2.45) is 0 Å². The lowest BCUT2D eigenvalue weighted by Gasteiger charge is -2.13. The molecule has 0 fully saturated rings. The van der Waals surface area contributed by atoms with Crippen molar-refractivity contribution in [1.82, 2.24) is 5.32 Å². The first kappa shape index (κ1) is 25.7. The van der Waals surface area contributed by atoms with Crippen LogP contribution in [-0.2, 0) is 14.8 Å². The molecule has 0 aromatic heterocycles. The van der Waals surface area contributed by atoms with Crippen LogP contribution in [0.3, 0.4) is 0 Å². The van der Waals surface area contributed by atoms with E-state index in [0.717, 1.165) is 21.2 Å². The molecule has 178 valence electrons. The maximum Gasteiger partial charge on any atom is 0.264 e. The molecule has 10 heteroatoms. The number of thiocarbonyl (C=S) groups is 1. The molecule has 0 bridgehead atoms. The zero-order valence-corrected chi connectivity index (χ0v) is 22.0. The Morgan fingerprint density at radius 1 is 0.941 bits per heavy atom. The molecule has 34 heavy (non-hydrogen) atoms. The van der Waals surface area contributed by atoms with Crippen LogP contribution in [0.5, 0.6) is 5.75 Å². The molecule has 3 aromatic carbocycles. The molecule has 0 spiro atoms. The molecule has 0 saturated heterocycles. The molecular weight excluding hydrogens is 538 g/mol. The normalized spacial score (nSPS) is 10.9. The molecule has 0 saturated carbocycles. The average molecular weight is 563 g/mol. The number of carbonyl (C=O) groups is 1. The lowest BCUT2D eigenvalue weighted by atomic mass is 10.1. The van der Waals surface area contributed by atoms with E-state index in [1.165, 1.54) is 12.1 Å². The quantitative estimate of drug-likeness (QED) is 0.348. The van der Waals surface area contributed by atoms with Crippen molar-refractivity contribution in [2.45, 2.75) is 25.7 Å². The summed E-state index contributed by atoms with van der Waals surface area (Å²) in [5.74, 6) is 0.181. The third-order valence-corrected chi connectivity index (χ3v) is 6.74. The highest BCUT2D eigenvalue weighted by Crippen LogP contribution is 2.22. The predicted octanol–water partition coefficient (Wildman–Crippen LogP) is 5.07. The Bertz CT molecular complexity index is 1310. The van der Waals surface area contributed by atoms with Crippen LogP contribution in [0.1, 0.15) is 16.7 Å². The van der Waals surface area contributed by atoms with Crippen molar-refractivity contribution in [1.29, 1.82) is 0 Å². The molecule has 0 aliphatic rings. The Hall–Kier alpha value is -2.95. The van der Waals surface area contributed by atoms with Crippen LogP contribution in [0.2, 0.25) is 0 Å². The van der Waals surface area contributed by atoms with Crippen LogP contribution in [0.4, 0.5) is 11.4 Å². The molecule has 0 atom stereocenters. The monoisotopic (exact) mass is 561 g/mol. The molecular formula is C24H24BrN3O4S2. The van der Waals surface area contributed by atoms with Gasteiger partial charge in [-0.25, -0.2) is 8.42 Å².